The molecule has 3 nitrogen and oxygen atoms in total. The lowest BCUT2D eigenvalue weighted by atomic mass is 9.89. The number of aryl methyl sites for hydroxylation is 1. The molecule has 4 aromatic rings. The molecule has 4 heteroatoms. The number of nitrogens with one attached hydrogen (secondary N) is 1. The Morgan fingerprint density at radius 3 is 2.38 bits per heavy atom. The fraction of sp³-hybridized carbons (Fsp3) is 0.120. The Labute approximate surface area is 175 Å². The summed E-state index contributed by atoms with van der Waals surface area (Å²) in [6.45, 7) is 2.06. The molecular weight excluding hydrogens is 378 g/mol. The number of nitrogens with zero attached hydrogens (tertiary/aromatic N) is 2. The minimum Gasteiger partial charge on any atom is -0.302 e. The van der Waals surface area contributed by atoms with Crippen molar-refractivity contribution in [1.82, 2.24) is 10.4 Å². The molecule has 0 saturated carbocycles. The standard InChI is InChI=1S/C25H20ClN3/c1-16-24(23-15-22(28-29-23)17-8-4-2-5-9-17)25(18-10-6-3-7-11-18)20-14-19(26)12-13-21(20)27-16/h2-14,22,28H,15H2,1H3. The molecule has 1 N–H and O–H groups in total. The van der Waals surface area contributed by atoms with E-state index in [1.54, 1.807) is 0 Å². The molecule has 3 aromatic carbocycles. The Hall–Kier alpha value is -3.17. The second kappa shape index (κ2) is 7.34. The van der Waals surface area contributed by atoms with Gasteiger partial charge in [0.05, 0.1) is 17.3 Å². The highest BCUT2D eigenvalue weighted by Gasteiger charge is 2.26. The summed E-state index contributed by atoms with van der Waals surface area (Å²) in [5, 5.41) is 6.49. The molecule has 1 aliphatic rings. The van der Waals surface area contributed by atoms with E-state index in [2.05, 4.69) is 60.9 Å². The van der Waals surface area contributed by atoms with Gasteiger partial charge in [-0.3, -0.25) is 4.98 Å². The quantitative estimate of drug-likeness (QED) is 0.440. The number of halogens is 1. The first-order valence-electron chi connectivity index (χ1n) is 9.73. The van der Waals surface area contributed by atoms with Crippen LogP contribution < -0.4 is 5.43 Å². The molecule has 1 aromatic heterocycles. The summed E-state index contributed by atoms with van der Waals surface area (Å²) in [6.07, 6.45) is 0.818. The van der Waals surface area contributed by atoms with E-state index >= 15 is 0 Å². The van der Waals surface area contributed by atoms with Crippen molar-refractivity contribution in [3.63, 3.8) is 0 Å². The summed E-state index contributed by atoms with van der Waals surface area (Å²) in [5.41, 5.74) is 10.9. The van der Waals surface area contributed by atoms with Crippen molar-refractivity contribution in [2.45, 2.75) is 19.4 Å². The minimum absolute atomic E-state index is 0.171. The summed E-state index contributed by atoms with van der Waals surface area (Å²) in [5.74, 6) is 0. The number of hydrogen-bond donors (Lipinski definition) is 1. The third-order valence-electron chi connectivity index (χ3n) is 5.43. The van der Waals surface area contributed by atoms with Crippen LogP contribution in [0.25, 0.3) is 22.0 Å². The zero-order valence-corrected chi connectivity index (χ0v) is 16.8. The van der Waals surface area contributed by atoms with Gasteiger partial charge in [-0.05, 0) is 36.2 Å². The van der Waals surface area contributed by atoms with Crippen molar-refractivity contribution in [1.29, 1.82) is 0 Å². The van der Waals surface area contributed by atoms with E-state index in [1.807, 2.05) is 30.3 Å². The second-order valence-electron chi connectivity index (χ2n) is 7.33. The van der Waals surface area contributed by atoms with Gasteiger partial charge in [0.25, 0.3) is 0 Å². The number of benzene rings is 3. The van der Waals surface area contributed by atoms with Crippen LogP contribution in [-0.4, -0.2) is 10.7 Å². The molecule has 29 heavy (non-hydrogen) atoms. The van der Waals surface area contributed by atoms with Gasteiger partial charge in [-0.15, -0.1) is 0 Å². The highest BCUT2D eigenvalue weighted by molar-refractivity contribution is 6.31. The van der Waals surface area contributed by atoms with Crippen molar-refractivity contribution in [2.24, 2.45) is 5.10 Å². The molecule has 0 fully saturated rings. The average molecular weight is 398 g/mol. The van der Waals surface area contributed by atoms with E-state index in [0.717, 1.165) is 45.4 Å². The summed E-state index contributed by atoms with van der Waals surface area (Å²) < 4.78 is 0. The number of aromatic nitrogens is 1. The fourth-order valence-electron chi connectivity index (χ4n) is 4.09. The van der Waals surface area contributed by atoms with Gasteiger partial charge in [0, 0.05) is 33.7 Å². The topological polar surface area (TPSA) is 37.3 Å². The van der Waals surface area contributed by atoms with Crippen LogP contribution in [0.3, 0.4) is 0 Å². The van der Waals surface area contributed by atoms with Gasteiger partial charge in [0.1, 0.15) is 0 Å². The predicted molar refractivity (Wildman–Crippen MR) is 120 cm³/mol. The first-order valence-corrected chi connectivity index (χ1v) is 10.1. The van der Waals surface area contributed by atoms with E-state index in [4.69, 9.17) is 21.7 Å². The summed E-state index contributed by atoms with van der Waals surface area (Å²) >= 11 is 6.36. The predicted octanol–water partition coefficient (Wildman–Crippen LogP) is 6.30. The Kier molecular flexibility index (Phi) is 4.53. The number of rotatable bonds is 3. The Balaban J connectivity index is 1.69. The first kappa shape index (κ1) is 17.9. The molecule has 0 bridgehead atoms. The van der Waals surface area contributed by atoms with E-state index in [0.29, 0.717) is 5.02 Å². The second-order valence-corrected chi connectivity index (χ2v) is 7.77. The molecule has 0 spiro atoms. The van der Waals surface area contributed by atoms with Gasteiger partial charge in [0.15, 0.2) is 0 Å². The third-order valence-corrected chi connectivity index (χ3v) is 5.67. The SMILES string of the molecule is Cc1nc2ccc(Cl)cc2c(-c2ccccc2)c1C1=NNC(c2ccccc2)C1. The molecule has 1 atom stereocenters. The molecule has 1 unspecified atom stereocenters. The van der Waals surface area contributed by atoms with Crippen LogP contribution in [0.15, 0.2) is 84.0 Å². The van der Waals surface area contributed by atoms with Gasteiger partial charge in [0.2, 0.25) is 0 Å². The Morgan fingerprint density at radius 2 is 1.62 bits per heavy atom. The summed E-state index contributed by atoms with van der Waals surface area (Å²) in [6, 6.07) is 26.9. The van der Waals surface area contributed by atoms with Crippen molar-refractivity contribution in [2.75, 3.05) is 0 Å². The normalized spacial score (nSPS) is 15.9. The van der Waals surface area contributed by atoms with Gasteiger partial charge in [-0.1, -0.05) is 72.3 Å². The van der Waals surface area contributed by atoms with Gasteiger partial charge in [-0.25, -0.2) is 0 Å². The molecule has 2 heterocycles. The van der Waals surface area contributed by atoms with Crippen LogP contribution in [0.1, 0.15) is 29.3 Å². The van der Waals surface area contributed by atoms with Crippen LogP contribution in [-0.2, 0) is 0 Å². The highest BCUT2D eigenvalue weighted by Crippen LogP contribution is 2.37. The summed E-state index contributed by atoms with van der Waals surface area (Å²) in [7, 11) is 0. The van der Waals surface area contributed by atoms with Gasteiger partial charge < -0.3 is 5.43 Å². The van der Waals surface area contributed by atoms with Crippen LogP contribution in [0.4, 0.5) is 0 Å². The van der Waals surface area contributed by atoms with E-state index in [-0.39, 0.29) is 6.04 Å². The van der Waals surface area contributed by atoms with E-state index < -0.39 is 0 Å². The van der Waals surface area contributed by atoms with E-state index in [1.165, 1.54) is 5.56 Å². The smallest absolute Gasteiger partial charge is 0.0745 e. The Bertz CT molecular complexity index is 1220. The average Bonchev–Trinajstić information content (AvgIpc) is 3.24. The van der Waals surface area contributed by atoms with Crippen molar-refractivity contribution >= 4 is 28.2 Å². The molecular formula is C25H20ClN3. The first-order chi connectivity index (χ1) is 14.2. The number of pyridine rings is 1. The van der Waals surface area contributed by atoms with Crippen LogP contribution in [0, 0.1) is 6.92 Å². The largest absolute Gasteiger partial charge is 0.302 e. The number of hydrazone groups is 1. The monoisotopic (exact) mass is 397 g/mol. The number of fused-ring (bicyclic) bond motifs is 1. The zero-order valence-electron chi connectivity index (χ0n) is 16.1. The van der Waals surface area contributed by atoms with Crippen LogP contribution >= 0.6 is 11.6 Å². The molecule has 1 aliphatic heterocycles. The maximum absolute atomic E-state index is 6.36. The lowest BCUT2D eigenvalue weighted by Gasteiger charge is -2.16. The molecule has 142 valence electrons. The van der Waals surface area contributed by atoms with Crippen molar-refractivity contribution in [3.8, 4) is 11.1 Å². The molecule has 0 aliphatic carbocycles. The van der Waals surface area contributed by atoms with Gasteiger partial charge in [-0.2, -0.15) is 5.10 Å². The summed E-state index contributed by atoms with van der Waals surface area (Å²) in [4.78, 5) is 4.88. The van der Waals surface area contributed by atoms with Crippen molar-refractivity contribution in [3.05, 3.63) is 101 Å². The lowest BCUT2D eigenvalue weighted by Crippen LogP contribution is -2.10. The minimum atomic E-state index is 0.171. The number of hydrogen-bond acceptors (Lipinski definition) is 3. The Morgan fingerprint density at radius 1 is 0.897 bits per heavy atom. The van der Waals surface area contributed by atoms with Crippen LogP contribution in [0.5, 0.6) is 0 Å². The van der Waals surface area contributed by atoms with E-state index in [9.17, 15) is 0 Å². The molecule has 0 amide bonds. The van der Waals surface area contributed by atoms with Gasteiger partial charge >= 0.3 is 0 Å². The van der Waals surface area contributed by atoms with Crippen LogP contribution in [0.2, 0.25) is 5.02 Å². The molecule has 5 rings (SSSR count). The highest BCUT2D eigenvalue weighted by atomic mass is 35.5. The fourth-order valence-corrected chi connectivity index (χ4v) is 4.26. The lowest BCUT2D eigenvalue weighted by molar-refractivity contribution is 0.620. The third kappa shape index (κ3) is 3.28. The zero-order chi connectivity index (χ0) is 19.8. The maximum atomic E-state index is 6.36. The molecule has 0 saturated heterocycles. The van der Waals surface area contributed by atoms with Crippen molar-refractivity contribution < 1.29 is 0 Å². The molecule has 0 radical (unpaired) electrons. The maximum Gasteiger partial charge on any atom is 0.0745 e.